The highest BCUT2D eigenvalue weighted by atomic mass is 32.2. The van der Waals surface area contributed by atoms with Crippen molar-refractivity contribution in [3.8, 4) is 5.75 Å². The molecule has 0 spiro atoms. The van der Waals surface area contributed by atoms with Crippen LogP contribution in [0.5, 0.6) is 5.75 Å². The molecule has 0 aliphatic heterocycles. The third-order valence-electron chi connectivity index (χ3n) is 4.21. The maximum absolute atomic E-state index is 12.2. The Morgan fingerprint density at radius 1 is 1.07 bits per heavy atom. The second-order valence-corrected chi connectivity index (χ2v) is 8.23. The molecule has 146 valence electrons. The van der Waals surface area contributed by atoms with Crippen molar-refractivity contribution in [2.24, 2.45) is 0 Å². The fraction of sp³-hybridized carbons (Fsp3) is 0.350. The summed E-state index contributed by atoms with van der Waals surface area (Å²) in [5.74, 6) is 0.755. The second kappa shape index (κ2) is 9.97. The monoisotopic (exact) mass is 390 g/mol. The van der Waals surface area contributed by atoms with Gasteiger partial charge in [0.05, 0.1) is 23.8 Å². The summed E-state index contributed by atoms with van der Waals surface area (Å²) in [7, 11) is -1.71. The van der Waals surface area contributed by atoms with E-state index in [0.29, 0.717) is 11.3 Å². The molecular weight excluding hydrogens is 364 g/mol. The summed E-state index contributed by atoms with van der Waals surface area (Å²) >= 11 is 0. The number of urea groups is 1. The van der Waals surface area contributed by atoms with Crippen molar-refractivity contribution >= 4 is 15.9 Å². The minimum absolute atomic E-state index is 0.00696. The maximum atomic E-state index is 12.2. The van der Waals surface area contributed by atoms with Crippen molar-refractivity contribution in [3.05, 3.63) is 60.2 Å². The van der Waals surface area contributed by atoms with Crippen molar-refractivity contribution in [1.29, 1.82) is 0 Å². The minimum atomic E-state index is -3.32. The molecule has 0 aliphatic rings. The SMILES string of the molecule is CCC(NC(=O)NCCCS(=O)(=O)c1ccccc1)c1ccc(OC)cc1. The molecule has 0 aromatic heterocycles. The lowest BCUT2D eigenvalue weighted by molar-refractivity contribution is 0.236. The summed E-state index contributed by atoms with van der Waals surface area (Å²) < 4.78 is 29.5. The van der Waals surface area contributed by atoms with E-state index < -0.39 is 9.84 Å². The predicted molar refractivity (Wildman–Crippen MR) is 106 cm³/mol. The summed E-state index contributed by atoms with van der Waals surface area (Å²) in [5.41, 5.74) is 0.986. The van der Waals surface area contributed by atoms with E-state index in [9.17, 15) is 13.2 Å². The van der Waals surface area contributed by atoms with Gasteiger partial charge in [-0.2, -0.15) is 0 Å². The summed E-state index contributed by atoms with van der Waals surface area (Å²) in [6.07, 6.45) is 1.09. The summed E-state index contributed by atoms with van der Waals surface area (Å²) in [6, 6.07) is 15.4. The molecule has 2 aromatic carbocycles. The van der Waals surface area contributed by atoms with E-state index in [-0.39, 0.29) is 24.4 Å². The van der Waals surface area contributed by atoms with Crippen LogP contribution in [0.25, 0.3) is 0 Å². The molecule has 2 N–H and O–H groups in total. The minimum Gasteiger partial charge on any atom is -0.497 e. The zero-order valence-electron chi connectivity index (χ0n) is 15.6. The van der Waals surface area contributed by atoms with Crippen LogP contribution in [-0.4, -0.2) is 33.9 Å². The van der Waals surface area contributed by atoms with Crippen LogP contribution in [-0.2, 0) is 9.84 Å². The lowest BCUT2D eigenvalue weighted by atomic mass is 10.0. The Labute approximate surface area is 160 Å². The predicted octanol–water partition coefficient (Wildman–Crippen LogP) is 3.31. The summed E-state index contributed by atoms with van der Waals surface area (Å²) in [5, 5.41) is 5.63. The average Bonchev–Trinajstić information content (AvgIpc) is 2.70. The van der Waals surface area contributed by atoms with Crippen LogP contribution in [0.3, 0.4) is 0 Å². The third-order valence-corrected chi connectivity index (χ3v) is 6.03. The number of nitrogens with one attached hydrogen (secondary N) is 2. The van der Waals surface area contributed by atoms with Crippen LogP contribution in [0, 0.1) is 0 Å². The highest BCUT2D eigenvalue weighted by molar-refractivity contribution is 7.91. The zero-order chi connectivity index (χ0) is 19.7. The summed E-state index contributed by atoms with van der Waals surface area (Å²) in [6.45, 7) is 2.28. The Bertz CT molecular complexity index is 821. The standard InChI is InChI=1S/C20H26N2O4S/c1-3-19(16-10-12-17(26-2)13-11-16)22-20(23)21-14-7-15-27(24,25)18-8-5-4-6-9-18/h4-6,8-13,19H,3,7,14-15H2,1-2H3,(H2,21,22,23). The largest absolute Gasteiger partial charge is 0.497 e. The molecule has 1 unspecified atom stereocenters. The molecule has 1 atom stereocenters. The van der Waals surface area contributed by atoms with E-state index >= 15 is 0 Å². The number of rotatable bonds is 9. The second-order valence-electron chi connectivity index (χ2n) is 6.12. The van der Waals surface area contributed by atoms with Crippen LogP contribution in [0.4, 0.5) is 4.79 Å². The number of benzene rings is 2. The molecule has 0 saturated carbocycles. The number of carbonyl (C=O) groups excluding carboxylic acids is 1. The number of hydrogen-bond acceptors (Lipinski definition) is 4. The number of hydrogen-bond donors (Lipinski definition) is 2. The highest BCUT2D eigenvalue weighted by Crippen LogP contribution is 2.20. The van der Waals surface area contributed by atoms with Crippen molar-refractivity contribution in [3.63, 3.8) is 0 Å². The smallest absolute Gasteiger partial charge is 0.315 e. The van der Waals surface area contributed by atoms with Crippen molar-refractivity contribution in [2.45, 2.75) is 30.7 Å². The maximum Gasteiger partial charge on any atom is 0.315 e. The molecule has 0 radical (unpaired) electrons. The molecule has 0 fully saturated rings. The number of carbonyl (C=O) groups is 1. The van der Waals surface area contributed by atoms with E-state index in [2.05, 4.69) is 10.6 Å². The van der Waals surface area contributed by atoms with Gasteiger partial charge in [-0.15, -0.1) is 0 Å². The molecular formula is C20H26N2O4S. The first kappa shape index (κ1) is 20.8. The molecule has 6 nitrogen and oxygen atoms in total. The van der Waals surface area contributed by atoms with Crippen molar-refractivity contribution < 1.29 is 17.9 Å². The zero-order valence-corrected chi connectivity index (χ0v) is 16.5. The van der Waals surface area contributed by atoms with Gasteiger partial charge >= 0.3 is 6.03 Å². The molecule has 0 bridgehead atoms. The van der Waals surface area contributed by atoms with Gasteiger partial charge < -0.3 is 15.4 Å². The molecule has 0 heterocycles. The Kier molecular flexibility index (Phi) is 7.67. The quantitative estimate of drug-likeness (QED) is 0.644. The summed E-state index contributed by atoms with van der Waals surface area (Å²) in [4.78, 5) is 12.4. The molecule has 0 aliphatic carbocycles. The van der Waals surface area contributed by atoms with Crippen LogP contribution in [0.1, 0.15) is 31.4 Å². The molecule has 2 aromatic rings. The molecule has 2 amide bonds. The topological polar surface area (TPSA) is 84.5 Å². The average molecular weight is 391 g/mol. The number of ether oxygens (including phenoxy) is 1. The third kappa shape index (κ3) is 6.29. The van der Waals surface area contributed by atoms with Crippen molar-refractivity contribution in [1.82, 2.24) is 10.6 Å². The lowest BCUT2D eigenvalue weighted by Crippen LogP contribution is -2.38. The first-order chi connectivity index (χ1) is 13.0. The Morgan fingerprint density at radius 3 is 2.33 bits per heavy atom. The van der Waals surface area contributed by atoms with Gasteiger partial charge in [0, 0.05) is 6.54 Å². The van der Waals surface area contributed by atoms with Crippen LogP contribution < -0.4 is 15.4 Å². The molecule has 27 heavy (non-hydrogen) atoms. The van der Waals surface area contributed by atoms with Gasteiger partial charge in [-0.25, -0.2) is 13.2 Å². The van der Waals surface area contributed by atoms with E-state index in [0.717, 1.165) is 17.7 Å². The number of sulfone groups is 1. The Balaban J connectivity index is 1.79. The van der Waals surface area contributed by atoms with Gasteiger partial charge in [0.2, 0.25) is 0 Å². The molecule has 2 rings (SSSR count). The van der Waals surface area contributed by atoms with E-state index in [1.165, 1.54) is 0 Å². The molecule has 7 heteroatoms. The van der Waals surface area contributed by atoms with Gasteiger partial charge in [-0.3, -0.25) is 0 Å². The number of amides is 2. The first-order valence-corrected chi connectivity index (χ1v) is 10.6. The highest BCUT2D eigenvalue weighted by Gasteiger charge is 2.15. The fourth-order valence-corrected chi connectivity index (χ4v) is 4.01. The molecule has 0 saturated heterocycles. The van der Waals surface area contributed by atoms with Gasteiger partial charge in [-0.05, 0) is 42.7 Å². The van der Waals surface area contributed by atoms with E-state index in [1.54, 1.807) is 37.4 Å². The Morgan fingerprint density at radius 2 is 1.74 bits per heavy atom. The van der Waals surface area contributed by atoms with Gasteiger partial charge in [0.25, 0.3) is 0 Å². The van der Waals surface area contributed by atoms with Gasteiger partial charge in [-0.1, -0.05) is 37.3 Å². The van der Waals surface area contributed by atoms with Crippen LogP contribution in [0.2, 0.25) is 0 Å². The lowest BCUT2D eigenvalue weighted by Gasteiger charge is -2.18. The van der Waals surface area contributed by atoms with Crippen LogP contribution in [0.15, 0.2) is 59.5 Å². The van der Waals surface area contributed by atoms with Crippen molar-refractivity contribution in [2.75, 3.05) is 19.4 Å². The number of methoxy groups -OCH3 is 1. The first-order valence-electron chi connectivity index (χ1n) is 8.92. The van der Waals surface area contributed by atoms with Gasteiger partial charge in [0.1, 0.15) is 5.75 Å². The van der Waals surface area contributed by atoms with E-state index in [4.69, 9.17) is 4.74 Å². The Hall–Kier alpha value is -2.54. The van der Waals surface area contributed by atoms with Crippen LogP contribution >= 0.6 is 0 Å². The van der Waals surface area contributed by atoms with Gasteiger partial charge in [0.15, 0.2) is 9.84 Å². The normalized spacial score (nSPS) is 12.2. The fourth-order valence-electron chi connectivity index (χ4n) is 2.68. The van der Waals surface area contributed by atoms with E-state index in [1.807, 2.05) is 31.2 Å².